The Morgan fingerprint density at radius 1 is 1.10 bits per heavy atom. The molecule has 1 amide bonds. The van der Waals surface area contributed by atoms with E-state index in [0.717, 1.165) is 18.2 Å². The average Bonchev–Trinajstić information content (AvgIpc) is 2.35. The Morgan fingerprint density at radius 2 is 1.76 bits per heavy atom. The molecule has 21 heavy (non-hydrogen) atoms. The zero-order valence-electron chi connectivity index (χ0n) is 10.4. The summed E-state index contributed by atoms with van der Waals surface area (Å²) in [6.45, 7) is 0. The number of hydrogen-bond donors (Lipinski definition) is 3. The Hall–Kier alpha value is -2.41. The molecule has 0 aliphatic carbocycles. The molecular weight excluding hydrogens is 307 g/mol. The molecule has 110 valence electrons. The maximum atomic E-state index is 13.8. The van der Waals surface area contributed by atoms with E-state index in [1.807, 2.05) is 0 Å². The molecule has 0 saturated heterocycles. The van der Waals surface area contributed by atoms with E-state index in [2.05, 4.69) is 5.32 Å². The number of carbonyl (C=O) groups excluding carboxylic acids is 1. The number of hydrogen-bond acceptors (Lipinski definition) is 3. The van der Waals surface area contributed by atoms with Crippen LogP contribution in [0.4, 0.5) is 30.2 Å². The van der Waals surface area contributed by atoms with Crippen LogP contribution < -0.4 is 16.8 Å². The van der Waals surface area contributed by atoms with Gasteiger partial charge in [-0.3, -0.25) is 4.79 Å². The quantitative estimate of drug-likeness (QED) is 0.761. The molecule has 4 nitrogen and oxygen atoms in total. The minimum atomic E-state index is -1.02. The molecule has 5 N–H and O–H groups in total. The van der Waals surface area contributed by atoms with E-state index in [1.54, 1.807) is 0 Å². The maximum absolute atomic E-state index is 13.8. The number of amides is 1. The van der Waals surface area contributed by atoms with Gasteiger partial charge in [0.05, 0.1) is 22.0 Å². The van der Waals surface area contributed by atoms with Gasteiger partial charge in [-0.1, -0.05) is 11.6 Å². The molecule has 0 atom stereocenters. The monoisotopic (exact) mass is 315 g/mol. The third kappa shape index (κ3) is 3.03. The lowest BCUT2D eigenvalue weighted by atomic mass is 10.1. The highest BCUT2D eigenvalue weighted by atomic mass is 35.5. The summed E-state index contributed by atoms with van der Waals surface area (Å²) in [7, 11) is 0. The summed E-state index contributed by atoms with van der Waals surface area (Å²) >= 11 is 5.69. The largest absolute Gasteiger partial charge is 0.398 e. The van der Waals surface area contributed by atoms with Crippen LogP contribution in [0.2, 0.25) is 5.02 Å². The number of carbonyl (C=O) groups is 1. The van der Waals surface area contributed by atoms with Gasteiger partial charge in [0.1, 0.15) is 11.6 Å². The van der Waals surface area contributed by atoms with Crippen LogP contribution in [0.25, 0.3) is 0 Å². The summed E-state index contributed by atoms with van der Waals surface area (Å²) in [6.07, 6.45) is 0. The summed E-state index contributed by atoms with van der Waals surface area (Å²) in [5.74, 6) is -3.62. The average molecular weight is 316 g/mol. The molecule has 8 heteroatoms. The summed E-state index contributed by atoms with van der Waals surface area (Å²) in [4.78, 5) is 11.2. The Morgan fingerprint density at radius 3 is 2.33 bits per heavy atom. The molecule has 2 aromatic carbocycles. The topological polar surface area (TPSA) is 81.1 Å². The van der Waals surface area contributed by atoms with Crippen molar-refractivity contribution in [1.29, 1.82) is 0 Å². The highest BCUT2D eigenvalue weighted by Crippen LogP contribution is 2.31. The lowest BCUT2D eigenvalue weighted by Gasteiger charge is -2.12. The predicted octanol–water partition coefficient (Wildman–Crippen LogP) is 3.18. The van der Waals surface area contributed by atoms with E-state index in [-0.39, 0.29) is 27.6 Å². The van der Waals surface area contributed by atoms with Gasteiger partial charge in [0.25, 0.3) is 5.91 Å². The first-order chi connectivity index (χ1) is 9.79. The van der Waals surface area contributed by atoms with E-state index in [1.165, 1.54) is 0 Å². The molecule has 0 spiro atoms. The fourth-order valence-corrected chi connectivity index (χ4v) is 1.94. The molecule has 0 saturated carbocycles. The molecule has 2 aromatic rings. The highest BCUT2D eigenvalue weighted by Gasteiger charge is 2.15. The van der Waals surface area contributed by atoms with Crippen LogP contribution in [0.15, 0.2) is 24.3 Å². The van der Waals surface area contributed by atoms with Gasteiger partial charge in [-0.25, -0.2) is 13.2 Å². The van der Waals surface area contributed by atoms with Crippen molar-refractivity contribution in [3.63, 3.8) is 0 Å². The molecule has 0 aliphatic rings. The number of anilines is 3. The fraction of sp³-hybridized carbons (Fsp3) is 0. The van der Waals surface area contributed by atoms with Crippen molar-refractivity contribution in [2.24, 2.45) is 5.73 Å². The predicted molar refractivity (Wildman–Crippen MR) is 74.0 cm³/mol. The molecule has 0 bridgehead atoms. The van der Waals surface area contributed by atoms with Crippen LogP contribution in [0.1, 0.15) is 10.4 Å². The van der Waals surface area contributed by atoms with E-state index in [0.29, 0.717) is 6.07 Å². The van der Waals surface area contributed by atoms with Crippen molar-refractivity contribution in [3.8, 4) is 0 Å². The molecule has 0 heterocycles. The SMILES string of the molecule is NC(=O)c1cc(Nc2c(F)cc(F)cc2Cl)c(F)cc1N. The van der Waals surface area contributed by atoms with Crippen LogP contribution in [0, 0.1) is 17.5 Å². The summed E-state index contributed by atoms with van der Waals surface area (Å²) in [5, 5.41) is 2.06. The van der Waals surface area contributed by atoms with Crippen molar-refractivity contribution >= 4 is 34.6 Å². The minimum Gasteiger partial charge on any atom is -0.398 e. The van der Waals surface area contributed by atoms with E-state index >= 15 is 0 Å². The van der Waals surface area contributed by atoms with Gasteiger partial charge >= 0.3 is 0 Å². The number of halogens is 4. The van der Waals surface area contributed by atoms with Crippen molar-refractivity contribution < 1.29 is 18.0 Å². The van der Waals surface area contributed by atoms with Gasteiger partial charge in [0.15, 0.2) is 5.82 Å². The number of primary amides is 1. The highest BCUT2D eigenvalue weighted by molar-refractivity contribution is 6.33. The molecule has 0 unspecified atom stereocenters. The normalized spacial score (nSPS) is 10.5. The van der Waals surface area contributed by atoms with Crippen LogP contribution in [-0.2, 0) is 0 Å². The lowest BCUT2D eigenvalue weighted by molar-refractivity contribution is 0.100. The smallest absolute Gasteiger partial charge is 0.250 e. The Labute approximate surface area is 122 Å². The van der Waals surface area contributed by atoms with Gasteiger partial charge < -0.3 is 16.8 Å². The van der Waals surface area contributed by atoms with Crippen molar-refractivity contribution in [2.45, 2.75) is 0 Å². The zero-order chi connectivity index (χ0) is 15.7. The maximum Gasteiger partial charge on any atom is 0.250 e. The first-order valence-corrected chi connectivity index (χ1v) is 5.97. The Kier molecular flexibility index (Phi) is 3.95. The van der Waals surface area contributed by atoms with Gasteiger partial charge in [-0.2, -0.15) is 0 Å². The Balaban J connectivity index is 2.50. The van der Waals surface area contributed by atoms with E-state index < -0.39 is 23.4 Å². The van der Waals surface area contributed by atoms with Crippen LogP contribution >= 0.6 is 11.6 Å². The zero-order valence-corrected chi connectivity index (χ0v) is 11.1. The minimum absolute atomic E-state index is 0.141. The first kappa shape index (κ1) is 15.0. The van der Waals surface area contributed by atoms with E-state index in [4.69, 9.17) is 23.1 Å². The number of benzene rings is 2. The van der Waals surface area contributed by atoms with Crippen LogP contribution in [0.3, 0.4) is 0 Å². The van der Waals surface area contributed by atoms with Gasteiger partial charge in [-0.05, 0) is 18.2 Å². The molecule has 0 fully saturated rings. The second kappa shape index (κ2) is 5.53. The third-order valence-corrected chi connectivity index (χ3v) is 2.97. The molecule has 2 rings (SSSR count). The molecule has 0 aromatic heterocycles. The number of nitrogens with two attached hydrogens (primary N) is 2. The molecular formula is C13H9ClF3N3O. The van der Waals surface area contributed by atoms with Crippen LogP contribution in [0.5, 0.6) is 0 Å². The second-order valence-electron chi connectivity index (χ2n) is 4.15. The van der Waals surface area contributed by atoms with Crippen molar-refractivity contribution in [1.82, 2.24) is 0 Å². The standard InChI is InChI=1S/C13H9ClF3N3O/c14-7-1-5(15)2-9(17)12(7)20-11-3-6(13(19)21)10(18)4-8(11)16/h1-4,20H,18H2,(H2,19,21). The van der Waals surface area contributed by atoms with Gasteiger partial charge in [0.2, 0.25) is 0 Å². The molecule has 0 radical (unpaired) electrons. The lowest BCUT2D eigenvalue weighted by Crippen LogP contribution is -2.14. The van der Waals surface area contributed by atoms with E-state index in [9.17, 15) is 18.0 Å². The third-order valence-electron chi connectivity index (χ3n) is 2.67. The summed E-state index contributed by atoms with van der Waals surface area (Å²) in [6, 6.07) is 3.32. The van der Waals surface area contributed by atoms with Crippen molar-refractivity contribution in [2.75, 3.05) is 11.1 Å². The number of rotatable bonds is 3. The fourth-order valence-electron chi connectivity index (χ4n) is 1.69. The van der Waals surface area contributed by atoms with Crippen molar-refractivity contribution in [3.05, 3.63) is 52.3 Å². The summed E-state index contributed by atoms with van der Waals surface area (Å²) in [5.41, 5.74) is 9.63. The summed E-state index contributed by atoms with van der Waals surface area (Å²) < 4.78 is 40.4. The van der Waals surface area contributed by atoms with Crippen LogP contribution in [-0.4, -0.2) is 5.91 Å². The number of nitrogens with one attached hydrogen (secondary N) is 1. The van der Waals surface area contributed by atoms with Gasteiger partial charge in [0, 0.05) is 11.8 Å². The Bertz CT molecular complexity index is 714. The molecule has 0 aliphatic heterocycles. The van der Waals surface area contributed by atoms with Gasteiger partial charge in [-0.15, -0.1) is 0 Å². The number of nitrogen functional groups attached to an aromatic ring is 1. The first-order valence-electron chi connectivity index (χ1n) is 5.60. The second-order valence-corrected chi connectivity index (χ2v) is 4.56.